The fraction of sp³-hybridized carbons (Fsp3) is 0.111. The number of hydrogen-bond acceptors (Lipinski definition) is 6. The lowest BCUT2D eigenvalue weighted by molar-refractivity contribution is -0.137. The number of primary sulfonamides is 1. The number of pyridine rings is 1. The van der Waals surface area contributed by atoms with E-state index in [4.69, 9.17) is 16.7 Å². The van der Waals surface area contributed by atoms with Crippen molar-refractivity contribution in [3.8, 4) is 0 Å². The summed E-state index contributed by atoms with van der Waals surface area (Å²) in [5.41, 5.74) is -1.43. The van der Waals surface area contributed by atoms with Gasteiger partial charge in [0.1, 0.15) is 9.80 Å². The van der Waals surface area contributed by atoms with Gasteiger partial charge in [0.25, 0.3) is 10.0 Å². The summed E-state index contributed by atoms with van der Waals surface area (Å²) in [6, 6.07) is 5.58. The molecule has 0 radical (unpaired) electrons. The third kappa shape index (κ3) is 5.01. The summed E-state index contributed by atoms with van der Waals surface area (Å²) in [6.45, 7) is 0. The minimum atomic E-state index is -4.66. The van der Waals surface area contributed by atoms with E-state index < -0.39 is 53.8 Å². The molecule has 0 unspecified atom stereocenters. The van der Waals surface area contributed by atoms with Gasteiger partial charge in [0.05, 0.1) is 22.0 Å². The van der Waals surface area contributed by atoms with Gasteiger partial charge < -0.3 is 0 Å². The zero-order chi connectivity index (χ0) is 23.9. The molecule has 0 aliphatic heterocycles. The number of sulfonamides is 2. The van der Waals surface area contributed by atoms with Crippen LogP contribution in [0.5, 0.6) is 0 Å². The Bertz CT molecular complexity index is 1380. The summed E-state index contributed by atoms with van der Waals surface area (Å²) < 4.78 is 89.0. The van der Waals surface area contributed by atoms with Crippen LogP contribution in [0.2, 0.25) is 5.02 Å². The van der Waals surface area contributed by atoms with Crippen molar-refractivity contribution >= 4 is 48.7 Å². The largest absolute Gasteiger partial charge is 0.417 e. The SMILES string of the molecule is NS(=O)(=O)c1ccccc1NS(=O)(=O)C1=CC=C(c2ncc(C(F)(F)F)cc2Cl)CC1=O. The van der Waals surface area contributed by atoms with Crippen molar-refractivity contribution in [1.29, 1.82) is 0 Å². The van der Waals surface area contributed by atoms with Gasteiger partial charge in [-0.3, -0.25) is 14.5 Å². The van der Waals surface area contributed by atoms with Crippen molar-refractivity contribution in [2.45, 2.75) is 17.5 Å². The Labute approximate surface area is 185 Å². The standard InChI is InChI=1S/C18H13ClF3N3O5S2/c19-12-8-11(18(20,21)22)9-24-17(12)10-5-6-16(14(26)7-10)32(29,30)25-13-3-1-2-4-15(13)31(23,27)28/h1-6,8-9,25H,7H2,(H2,23,27,28). The number of para-hydroxylation sites is 1. The average molecular weight is 508 g/mol. The van der Waals surface area contributed by atoms with Crippen LogP contribution in [0.1, 0.15) is 17.7 Å². The van der Waals surface area contributed by atoms with E-state index in [1.165, 1.54) is 18.2 Å². The first kappa shape index (κ1) is 23.9. The Kier molecular flexibility index (Phi) is 6.21. The number of rotatable bonds is 5. The predicted octanol–water partition coefficient (Wildman–Crippen LogP) is 3.08. The van der Waals surface area contributed by atoms with E-state index in [0.29, 0.717) is 12.3 Å². The summed E-state index contributed by atoms with van der Waals surface area (Å²) in [6.07, 6.45) is -2.51. The normalized spacial score (nSPS) is 15.2. The second kappa shape index (κ2) is 8.31. The molecule has 1 aliphatic carbocycles. The van der Waals surface area contributed by atoms with Crippen molar-refractivity contribution in [2.24, 2.45) is 5.14 Å². The van der Waals surface area contributed by atoms with E-state index in [1.54, 1.807) is 0 Å². The van der Waals surface area contributed by atoms with Crippen LogP contribution in [0.15, 0.2) is 58.5 Å². The van der Waals surface area contributed by atoms with Gasteiger partial charge in [-0.1, -0.05) is 29.8 Å². The first-order valence-corrected chi connectivity index (χ1v) is 11.9. The summed E-state index contributed by atoms with van der Waals surface area (Å²) in [5, 5.41) is 4.71. The zero-order valence-corrected chi connectivity index (χ0v) is 18.1. The van der Waals surface area contributed by atoms with Crippen LogP contribution < -0.4 is 9.86 Å². The van der Waals surface area contributed by atoms with Crippen LogP contribution in [0.25, 0.3) is 5.57 Å². The lowest BCUT2D eigenvalue weighted by atomic mass is 10.00. The van der Waals surface area contributed by atoms with Crippen molar-refractivity contribution in [3.63, 3.8) is 0 Å². The number of hydrogen-bond donors (Lipinski definition) is 2. The van der Waals surface area contributed by atoms with Gasteiger partial charge in [0.2, 0.25) is 10.0 Å². The molecule has 3 rings (SSSR count). The first-order chi connectivity index (χ1) is 14.7. The monoisotopic (exact) mass is 507 g/mol. The molecule has 0 amide bonds. The Hall–Kier alpha value is -2.74. The fourth-order valence-electron chi connectivity index (χ4n) is 2.82. The molecule has 1 heterocycles. The van der Waals surface area contributed by atoms with E-state index in [9.17, 15) is 34.8 Å². The third-order valence-corrected chi connectivity index (χ3v) is 6.95. The maximum atomic E-state index is 12.8. The molecule has 3 N–H and O–H groups in total. The molecular formula is C18H13ClF3N3O5S2. The number of alkyl halides is 3. The molecule has 2 aromatic rings. The zero-order valence-electron chi connectivity index (χ0n) is 15.7. The number of nitrogens with two attached hydrogens (primary N) is 1. The summed E-state index contributed by atoms with van der Waals surface area (Å²) >= 11 is 5.88. The highest BCUT2D eigenvalue weighted by atomic mass is 35.5. The molecule has 8 nitrogen and oxygen atoms in total. The number of allylic oxidation sites excluding steroid dienone is 4. The Balaban J connectivity index is 1.96. The van der Waals surface area contributed by atoms with Crippen molar-refractivity contribution in [1.82, 2.24) is 4.98 Å². The molecule has 14 heteroatoms. The summed E-state index contributed by atoms with van der Waals surface area (Å²) in [7, 11) is -8.78. The first-order valence-electron chi connectivity index (χ1n) is 8.52. The molecule has 0 fully saturated rings. The van der Waals surface area contributed by atoms with Gasteiger partial charge in [-0.25, -0.2) is 22.0 Å². The highest BCUT2D eigenvalue weighted by Gasteiger charge is 2.33. The Morgan fingerprint density at radius 1 is 1.09 bits per heavy atom. The van der Waals surface area contributed by atoms with E-state index in [-0.39, 0.29) is 22.0 Å². The van der Waals surface area contributed by atoms with Crippen LogP contribution in [-0.2, 0) is 31.0 Å². The number of ketones is 1. The summed E-state index contributed by atoms with van der Waals surface area (Å²) in [5.74, 6) is -0.902. The van der Waals surface area contributed by atoms with Crippen LogP contribution >= 0.6 is 11.6 Å². The number of carbonyl (C=O) groups excluding carboxylic acids is 1. The number of anilines is 1. The highest BCUT2D eigenvalue weighted by molar-refractivity contribution is 7.97. The van der Waals surface area contributed by atoms with Crippen molar-refractivity contribution in [2.75, 3.05) is 4.72 Å². The topological polar surface area (TPSA) is 136 Å². The lowest BCUT2D eigenvalue weighted by Gasteiger charge is -2.17. The molecule has 0 bridgehead atoms. The number of halogens is 4. The average Bonchev–Trinajstić information content (AvgIpc) is 2.66. The minimum Gasteiger partial charge on any atom is -0.293 e. The molecule has 32 heavy (non-hydrogen) atoms. The number of aromatic nitrogens is 1. The van der Waals surface area contributed by atoms with Gasteiger partial charge in [-0.2, -0.15) is 13.2 Å². The number of benzene rings is 1. The molecule has 170 valence electrons. The second-order valence-corrected chi connectivity index (χ2v) is 10.1. The van der Waals surface area contributed by atoms with Crippen LogP contribution in [-0.4, -0.2) is 27.6 Å². The molecule has 1 aliphatic rings. The maximum Gasteiger partial charge on any atom is 0.417 e. The quantitative estimate of drug-likeness (QED) is 0.638. The van der Waals surface area contributed by atoms with Gasteiger partial charge in [0, 0.05) is 12.6 Å². The van der Waals surface area contributed by atoms with E-state index in [2.05, 4.69) is 4.98 Å². The van der Waals surface area contributed by atoms with Crippen molar-refractivity contribution < 1.29 is 34.8 Å². The van der Waals surface area contributed by atoms with E-state index in [0.717, 1.165) is 18.2 Å². The molecule has 0 saturated heterocycles. The molecule has 0 atom stereocenters. The smallest absolute Gasteiger partial charge is 0.293 e. The van der Waals surface area contributed by atoms with Gasteiger partial charge in [-0.15, -0.1) is 0 Å². The van der Waals surface area contributed by atoms with Gasteiger partial charge in [-0.05, 0) is 29.8 Å². The number of nitrogens with one attached hydrogen (secondary N) is 1. The second-order valence-electron chi connectivity index (χ2n) is 6.52. The third-order valence-electron chi connectivity index (χ3n) is 4.26. The van der Waals surface area contributed by atoms with Gasteiger partial charge in [0.15, 0.2) is 5.78 Å². The van der Waals surface area contributed by atoms with Crippen LogP contribution in [0.3, 0.4) is 0 Å². The van der Waals surface area contributed by atoms with E-state index >= 15 is 0 Å². The van der Waals surface area contributed by atoms with Gasteiger partial charge >= 0.3 is 6.18 Å². The molecule has 1 aromatic heterocycles. The molecular weight excluding hydrogens is 495 g/mol. The molecule has 0 spiro atoms. The number of carbonyl (C=O) groups is 1. The van der Waals surface area contributed by atoms with Crippen LogP contribution in [0, 0.1) is 0 Å². The lowest BCUT2D eigenvalue weighted by Crippen LogP contribution is -2.24. The number of Topliss-reactive ketones (excluding diaryl/α,β-unsaturated/α-hetero) is 1. The Morgan fingerprint density at radius 2 is 1.75 bits per heavy atom. The Morgan fingerprint density at radius 3 is 2.31 bits per heavy atom. The highest BCUT2D eigenvalue weighted by Crippen LogP contribution is 2.35. The molecule has 1 aromatic carbocycles. The van der Waals surface area contributed by atoms with Crippen LogP contribution in [0.4, 0.5) is 18.9 Å². The maximum absolute atomic E-state index is 12.8. The number of nitrogens with zero attached hydrogens (tertiary/aromatic N) is 1. The van der Waals surface area contributed by atoms with Crippen molar-refractivity contribution in [3.05, 3.63) is 69.9 Å². The van der Waals surface area contributed by atoms with E-state index in [1.807, 2.05) is 4.72 Å². The fourth-order valence-corrected chi connectivity index (χ4v) is 5.06. The minimum absolute atomic E-state index is 0.103. The predicted molar refractivity (Wildman–Crippen MR) is 110 cm³/mol. The molecule has 0 saturated carbocycles. The summed E-state index contributed by atoms with van der Waals surface area (Å²) in [4.78, 5) is 15.0.